The highest BCUT2D eigenvalue weighted by Gasteiger charge is 2.43. The normalized spacial score (nSPS) is 29.9. The van der Waals surface area contributed by atoms with Crippen molar-refractivity contribution >= 4 is 0 Å². The smallest absolute Gasteiger partial charge is 0.127 e. The van der Waals surface area contributed by atoms with Gasteiger partial charge in [-0.2, -0.15) is 0 Å². The molecule has 1 N–H and O–H groups in total. The Hall–Kier alpha value is -1.02. The predicted octanol–water partition coefficient (Wildman–Crippen LogP) is 3.63. The highest BCUT2D eigenvalue weighted by Crippen LogP contribution is 2.56. The van der Waals surface area contributed by atoms with E-state index < -0.39 is 0 Å². The summed E-state index contributed by atoms with van der Waals surface area (Å²) in [5, 5.41) is 10.7. The number of hydrogen-bond donors (Lipinski definition) is 1. The summed E-state index contributed by atoms with van der Waals surface area (Å²) in [6.07, 6.45) is 4.61. The van der Waals surface area contributed by atoms with Crippen molar-refractivity contribution in [2.75, 3.05) is 7.11 Å². The summed E-state index contributed by atoms with van der Waals surface area (Å²) in [5.41, 5.74) is 4.95. The minimum Gasteiger partial charge on any atom is -0.496 e. The summed E-state index contributed by atoms with van der Waals surface area (Å²) in [5.74, 6) is 1.89. The number of aryl methyl sites for hydroxylation is 2. The van der Waals surface area contributed by atoms with Crippen LogP contribution in [0, 0.1) is 19.8 Å². The number of aliphatic hydroxyl groups is 1. The molecule has 0 bridgehead atoms. The maximum Gasteiger partial charge on any atom is 0.127 e. The average Bonchev–Trinajstić information content (AvgIpc) is 2.65. The third kappa shape index (κ3) is 1.51. The van der Waals surface area contributed by atoms with Gasteiger partial charge < -0.3 is 9.84 Å². The highest BCUT2D eigenvalue weighted by molar-refractivity contribution is 5.55. The summed E-state index contributed by atoms with van der Waals surface area (Å²) < 4.78 is 5.56. The van der Waals surface area contributed by atoms with E-state index in [9.17, 15) is 5.11 Å². The Morgan fingerprint density at radius 3 is 2.56 bits per heavy atom. The van der Waals surface area contributed by atoms with Gasteiger partial charge in [-0.05, 0) is 55.2 Å². The van der Waals surface area contributed by atoms with Gasteiger partial charge in [0, 0.05) is 5.56 Å². The van der Waals surface area contributed by atoms with E-state index in [0.717, 1.165) is 23.3 Å². The van der Waals surface area contributed by atoms with Gasteiger partial charge in [0.1, 0.15) is 5.75 Å². The Morgan fingerprint density at radius 1 is 1.11 bits per heavy atom. The Kier molecular flexibility index (Phi) is 2.86. The van der Waals surface area contributed by atoms with Crippen molar-refractivity contribution in [1.82, 2.24) is 0 Å². The molecule has 0 amide bonds. The second-order valence-electron chi connectivity index (χ2n) is 5.87. The van der Waals surface area contributed by atoms with Crippen LogP contribution in [0.5, 0.6) is 5.75 Å². The van der Waals surface area contributed by atoms with E-state index in [0.29, 0.717) is 11.8 Å². The minimum absolute atomic E-state index is 0.321. The minimum atomic E-state index is -0.321. The molecule has 0 radical (unpaired) electrons. The van der Waals surface area contributed by atoms with Gasteiger partial charge in [-0.3, -0.25) is 0 Å². The van der Waals surface area contributed by atoms with E-state index in [1.165, 1.54) is 30.4 Å². The van der Waals surface area contributed by atoms with Crippen molar-refractivity contribution in [3.05, 3.63) is 28.3 Å². The van der Waals surface area contributed by atoms with Crippen molar-refractivity contribution in [2.24, 2.45) is 5.92 Å². The lowest BCUT2D eigenvalue weighted by atomic mass is 9.78. The van der Waals surface area contributed by atoms with Gasteiger partial charge in [0.15, 0.2) is 0 Å². The molecule has 0 aromatic heterocycles. The Balaban J connectivity index is 2.20. The zero-order valence-electron chi connectivity index (χ0n) is 11.5. The number of ether oxygens (including phenoxy) is 1. The number of benzene rings is 1. The summed E-state index contributed by atoms with van der Waals surface area (Å²) >= 11 is 0. The van der Waals surface area contributed by atoms with Gasteiger partial charge in [-0.15, -0.1) is 0 Å². The van der Waals surface area contributed by atoms with Gasteiger partial charge in [0.05, 0.1) is 13.2 Å². The van der Waals surface area contributed by atoms with Crippen LogP contribution in [0.25, 0.3) is 0 Å². The molecule has 2 aliphatic carbocycles. The van der Waals surface area contributed by atoms with Crippen molar-refractivity contribution in [3.63, 3.8) is 0 Å². The first-order valence-corrected chi connectivity index (χ1v) is 7.01. The number of rotatable bonds is 1. The van der Waals surface area contributed by atoms with Gasteiger partial charge in [0.25, 0.3) is 0 Å². The molecular formula is C16H22O2. The van der Waals surface area contributed by atoms with E-state index in [1.54, 1.807) is 7.11 Å². The molecule has 2 heteroatoms. The SMILES string of the molecule is COc1c(C)cc(C)c2c1C(O)C1CCCCC21. The average molecular weight is 246 g/mol. The summed E-state index contributed by atoms with van der Waals surface area (Å²) in [6.45, 7) is 4.25. The quantitative estimate of drug-likeness (QED) is 0.820. The molecule has 2 nitrogen and oxygen atoms in total. The van der Waals surface area contributed by atoms with Gasteiger partial charge in [0.2, 0.25) is 0 Å². The molecule has 0 saturated heterocycles. The third-order valence-corrected chi connectivity index (χ3v) is 4.85. The van der Waals surface area contributed by atoms with E-state index >= 15 is 0 Å². The fourth-order valence-electron chi connectivity index (χ4n) is 4.18. The van der Waals surface area contributed by atoms with Gasteiger partial charge in [-0.25, -0.2) is 0 Å². The van der Waals surface area contributed by atoms with Crippen molar-refractivity contribution < 1.29 is 9.84 Å². The molecule has 1 fully saturated rings. The first-order valence-electron chi connectivity index (χ1n) is 7.01. The molecule has 3 unspecified atom stereocenters. The van der Waals surface area contributed by atoms with Crippen LogP contribution in [0.4, 0.5) is 0 Å². The number of fused-ring (bicyclic) bond motifs is 3. The lowest BCUT2D eigenvalue weighted by molar-refractivity contribution is 0.0889. The van der Waals surface area contributed by atoms with Gasteiger partial charge >= 0.3 is 0 Å². The second kappa shape index (κ2) is 4.27. The molecule has 1 saturated carbocycles. The molecule has 98 valence electrons. The van der Waals surface area contributed by atoms with E-state index in [1.807, 2.05) is 0 Å². The molecule has 0 spiro atoms. The van der Waals surface area contributed by atoms with Crippen LogP contribution >= 0.6 is 0 Å². The van der Waals surface area contributed by atoms with E-state index in [2.05, 4.69) is 19.9 Å². The number of aliphatic hydroxyl groups excluding tert-OH is 1. The van der Waals surface area contributed by atoms with Crippen LogP contribution in [0.1, 0.15) is 60.0 Å². The molecule has 0 aliphatic heterocycles. The van der Waals surface area contributed by atoms with Crippen molar-refractivity contribution in [3.8, 4) is 5.75 Å². The summed E-state index contributed by atoms with van der Waals surface area (Å²) in [4.78, 5) is 0. The first kappa shape index (κ1) is 12.0. The molecule has 1 aromatic rings. The number of methoxy groups -OCH3 is 1. The Morgan fingerprint density at radius 2 is 1.83 bits per heavy atom. The largest absolute Gasteiger partial charge is 0.496 e. The fraction of sp³-hybridized carbons (Fsp3) is 0.625. The van der Waals surface area contributed by atoms with Crippen LogP contribution < -0.4 is 4.74 Å². The van der Waals surface area contributed by atoms with Crippen molar-refractivity contribution in [1.29, 1.82) is 0 Å². The van der Waals surface area contributed by atoms with Crippen LogP contribution in [-0.2, 0) is 0 Å². The fourth-order valence-corrected chi connectivity index (χ4v) is 4.18. The first-order chi connectivity index (χ1) is 8.65. The Bertz CT molecular complexity index is 478. The molecular weight excluding hydrogens is 224 g/mol. The summed E-state index contributed by atoms with van der Waals surface area (Å²) in [6, 6.07) is 2.21. The molecule has 1 aromatic carbocycles. The highest BCUT2D eigenvalue weighted by atomic mass is 16.5. The molecule has 3 rings (SSSR count). The second-order valence-corrected chi connectivity index (χ2v) is 5.87. The zero-order chi connectivity index (χ0) is 12.9. The molecule has 0 heterocycles. The molecule has 2 aliphatic rings. The lowest BCUT2D eigenvalue weighted by Crippen LogP contribution is -2.16. The van der Waals surface area contributed by atoms with E-state index in [-0.39, 0.29) is 6.10 Å². The van der Waals surface area contributed by atoms with Gasteiger partial charge in [-0.1, -0.05) is 18.9 Å². The van der Waals surface area contributed by atoms with Crippen LogP contribution in [0.3, 0.4) is 0 Å². The van der Waals surface area contributed by atoms with Crippen LogP contribution in [0.2, 0.25) is 0 Å². The topological polar surface area (TPSA) is 29.5 Å². The predicted molar refractivity (Wildman–Crippen MR) is 72.1 cm³/mol. The standard InChI is InChI=1S/C16H22O2/c1-9-8-10(2)16(18-3)14-13(9)11-6-4-5-7-12(11)15(14)17/h8,11-12,15,17H,4-7H2,1-3H3. The lowest BCUT2D eigenvalue weighted by Gasteiger charge is -2.27. The van der Waals surface area contributed by atoms with Crippen molar-refractivity contribution in [2.45, 2.75) is 51.6 Å². The van der Waals surface area contributed by atoms with Crippen LogP contribution in [-0.4, -0.2) is 12.2 Å². The Labute approximate surface area is 109 Å². The maximum atomic E-state index is 10.7. The monoisotopic (exact) mass is 246 g/mol. The summed E-state index contributed by atoms with van der Waals surface area (Å²) in [7, 11) is 1.71. The zero-order valence-corrected chi connectivity index (χ0v) is 11.5. The van der Waals surface area contributed by atoms with E-state index in [4.69, 9.17) is 4.74 Å². The van der Waals surface area contributed by atoms with Crippen LogP contribution in [0.15, 0.2) is 6.07 Å². The number of hydrogen-bond acceptors (Lipinski definition) is 2. The third-order valence-electron chi connectivity index (χ3n) is 4.85. The molecule has 3 atom stereocenters. The maximum absolute atomic E-state index is 10.7. The molecule has 18 heavy (non-hydrogen) atoms.